The molecule has 0 aliphatic carbocycles. The molecule has 1 aliphatic rings. The lowest BCUT2D eigenvalue weighted by Crippen LogP contribution is -2.41. The molecule has 3 aromatic rings. The van der Waals surface area contributed by atoms with E-state index in [9.17, 15) is 4.79 Å². The van der Waals surface area contributed by atoms with Crippen LogP contribution in [-0.2, 0) is 0 Å². The van der Waals surface area contributed by atoms with Gasteiger partial charge in [0.05, 0.1) is 6.04 Å². The number of furan rings is 1. The molecular weight excluding hydrogens is 326 g/mol. The molecule has 1 fully saturated rings. The molecule has 1 amide bonds. The minimum Gasteiger partial charge on any atom is -0.464 e. The van der Waals surface area contributed by atoms with Gasteiger partial charge in [-0.05, 0) is 32.0 Å². The second-order valence-electron chi connectivity index (χ2n) is 5.77. The second kappa shape index (κ2) is 5.94. The van der Waals surface area contributed by atoms with Gasteiger partial charge in [-0.3, -0.25) is 4.79 Å². The number of fused-ring (bicyclic) bond motifs is 1. The van der Waals surface area contributed by atoms with E-state index in [1.807, 2.05) is 43.8 Å². The summed E-state index contributed by atoms with van der Waals surface area (Å²) >= 11 is 1.82. The van der Waals surface area contributed by atoms with Crippen molar-refractivity contribution in [1.82, 2.24) is 24.5 Å². The Kier molecular flexibility index (Phi) is 3.76. The average molecular weight is 343 g/mol. The normalized spacial score (nSPS) is 18.2. The summed E-state index contributed by atoms with van der Waals surface area (Å²) in [4.78, 5) is 23.2. The van der Waals surface area contributed by atoms with Crippen LogP contribution in [0.15, 0.2) is 28.8 Å². The van der Waals surface area contributed by atoms with Gasteiger partial charge in [0.15, 0.2) is 0 Å². The molecule has 0 N–H and O–H groups in total. The molecule has 124 valence electrons. The van der Waals surface area contributed by atoms with Crippen molar-refractivity contribution in [2.45, 2.75) is 19.9 Å². The number of hydrogen-bond donors (Lipinski definition) is 0. The molecule has 3 aromatic heterocycles. The Hall–Kier alpha value is -2.35. The lowest BCUT2D eigenvalue weighted by atomic mass is 10.2. The highest BCUT2D eigenvalue weighted by Gasteiger charge is 2.33. The average Bonchev–Trinajstić information content (AvgIpc) is 3.21. The predicted octanol–water partition coefficient (Wildman–Crippen LogP) is 2.26. The van der Waals surface area contributed by atoms with Crippen molar-refractivity contribution in [3.8, 4) is 0 Å². The summed E-state index contributed by atoms with van der Waals surface area (Å²) < 4.78 is 7.35. The van der Waals surface area contributed by atoms with E-state index in [2.05, 4.69) is 15.1 Å². The van der Waals surface area contributed by atoms with Crippen molar-refractivity contribution >= 4 is 23.4 Å². The first-order chi connectivity index (χ1) is 11.6. The van der Waals surface area contributed by atoms with Crippen LogP contribution in [0.3, 0.4) is 0 Å². The van der Waals surface area contributed by atoms with Gasteiger partial charge in [-0.1, -0.05) is 0 Å². The molecule has 8 heteroatoms. The molecule has 1 atom stereocenters. The molecule has 0 spiro atoms. The lowest BCUT2D eigenvalue weighted by molar-refractivity contribution is 0.0669. The highest BCUT2D eigenvalue weighted by atomic mass is 32.2. The monoisotopic (exact) mass is 343 g/mol. The van der Waals surface area contributed by atoms with Crippen molar-refractivity contribution < 1.29 is 9.21 Å². The Bertz CT molecular complexity index is 903. The maximum Gasteiger partial charge on any atom is 0.294 e. The number of carbonyl (C=O) groups excluding carboxylic acids is 1. The fourth-order valence-corrected chi connectivity index (χ4v) is 3.90. The van der Waals surface area contributed by atoms with Gasteiger partial charge in [-0.2, -0.15) is 16.7 Å². The number of rotatable bonds is 2. The summed E-state index contributed by atoms with van der Waals surface area (Å²) in [6.45, 7) is 4.46. The summed E-state index contributed by atoms with van der Waals surface area (Å²) in [5.74, 6) is 3.80. The highest BCUT2D eigenvalue weighted by molar-refractivity contribution is 7.99. The third-order valence-corrected chi connectivity index (χ3v) is 5.12. The van der Waals surface area contributed by atoms with Gasteiger partial charge in [0.2, 0.25) is 5.82 Å². The quantitative estimate of drug-likeness (QED) is 0.710. The van der Waals surface area contributed by atoms with Gasteiger partial charge >= 0.3 is 0 Å². The van der Waals surface area contributed by atoms with Crippen molar-refractivity contribution in [3.05, 3.63) is 47.4 Å². The van der Waals surface area contributed by atoms with E-state index in [4.69, 9.17) is 4.42 Å². The van der Waals surface area contributed by atoms with Gasteiger partial charge < -0.3 is 9.32 Å². The summed E-state index contributed by atoms with van der Waals surface area (Å²) in [6, 6.07) is 5.61. The molecule has 0 saturated carbocycles. The Labute approximate surface area is 143 Å². The van der Waals surface area contributed by atoms with Crippen LogP contribution >= 0.6 is 11.8 Å². The van der Waals surface area contributed by atoms with E-state index in [0.717, 1.165) is 28.7 Å². The fraction of sp³-hybridized carbons (Fsp3) is 0.375. The van der Waals surface area contributed by atoms with Crippen LogP contribution in [0, 0.1) is 13.8 Å². The maximum atomic E-state index is 13.0. The number of hydrogen-bond acceptors (Lipinski definition) is 6. The smallest absolute Gasteiger partial charge is 0.294 e. The zero-order valence-electron chi connectivity index (χ0n) is 13.5. The topological polar surface area (TPSA) is 76.5 Å². The van der Waals surface area contributed by atoms with Crippen LogP contribution in [-0.4, -0.2) is 48.4 Å². The molecule has 1 saturated heterocycles. The molecule has 0 aromatic carbocycles. The first-order valence-electron chi connectivity index (χ1n) is 7.77. The van der Waals surface area contributed by atoms with Crippen molar-refractivity contribution in [3.63, 3.8) is 0 Å². The Morgan fingerprint density at radius 2 is 2.21 bits per heavy atom. The molecule has 0 bridgehead atoms. The SMILES string of the molecule is Cc1ccc(C2CSCCN2C(=O)c2nc3nccc(C)n3n2)o1. The molecule has 24 heavy (non-hydrogen) atoms. The lowest BCUT2D eigenvalue weighted by Gasteiger charge is -2.33. The van der Waals surface area contributed by atoms with E-state index >= 15 is 0 Å². The van der Waals surface area contributed by atoms with Crippen molar-refractivity contribution in [1.29, 1.82) is 0 Å². The molecule has 1 aliphatic heterocycles. The van der Waals surface area contributed by atoms with Crippen molar-refractivity contribution in [2.75, 3.05) is 18.1 Å². The van der Waals surface area contributed by atoms with Gasteiger partial charge in [0, 0.05) is 29.9 Å². The minimum atomic E-state index is -0.181. The number of aryl methyl sites for hydroxylation is 2. The first kappa shape index (κ1) is 15.2. The summed E-state index contributed by atoms with van der Waals surface area (Å²) in [6.07, 6.45) is 1.67. The van der Waals surface area contributed by atoms with Gasteiger partial charge in [-0.15, -0.1) is 5.10 Å². The standard InChI is InChI=1S/C16H17N5O2S/c1-10-5-6-17-16-18-14(19-21(10)16)15(22)20-7-8-24-9-12(20)13-4-3-11(2)23-13/h3-6,12H,7-9H2,1-2H3. The summed E-state index contributed by atoms with van der Waals surface area (Å²) in [5.41, 5.74) is 0.888. The van der Waals surface area contributed by atoms with Crippen LogP contribution in [0.25, 0.3) is 5.78 Å². The van der Waals surface area contributed by atoms with Crippen LogP contribution in [0.4, 0.5) is 0 Å². The Morgan fingerprint density at radius 3 is 2.96 bits per heavy atom. The van der Waals surface area contributed by atoms with Crippen LogP contribution in [0.2, 0.25) is 0 Å². The van der Waals surface area contributed by atoms with E-state index in [1.54, 1.807) is 15.6 Å². The van der Waals surface area contributed by atoms with E-state index < -0.39 is 0 Å². The molecular formula is C16H17N5O2S. The minimum absolute atomic E-state index is 0.0920. The molecule has 7 nitrogen and oxygen atoms in total. The van der Waals surface area contributed by atoms with Crippen LogP contribution in [0.5, 0.6) is 0 Å². The Balaban J connectivity index is 1.69. The third-order valence-electron chi connectivity index (χ3n) is 4.10. The first-order valence-corrected chi connectivity index (χ1v) is 8.92. The number of nitrogens with zero attached hydrogens (tertiary/aromatic N) is 5. The van der Waals surface area contributed by atoms with Gasteiger partial charge in [0.1, 0.15) is 11.5 Å². The van der Waals surface area contributed by atoms with Crippen LogP contribution < -0.4 is 0 Å². The fourth-order valence-electron chi connectivity index (χ4n) is 2.84. The zero-order valence-corrected chi connectivity index (χ0v) is 14.3. The van der Waals surface area contributed by atoms with E-state index in [-0.39, 0.29) is 17.8 Å². The third kappa shape index (κ3) is 2.56. The van der Waals surface area contributed by atoms with Crippen molar-refractivity contribution in [2.24, 2.45) is 0 Å². The zero-order chi connectivity index (χ0) is 16.7. The summed E-state index contributed by atoms with van der Waals surface area (Å²) in [5, 5.41) is 4.34. The predicted molar refractivity (Wildman–Crippen MR) is 90.1 cm³/mol. The van der Waals surface area contributed by atoms with Gasteiger partial charge in [0.25, 0.3) is 11.7 Å². The summed E-state index contributed by atoms with van der Waals surface area (Å²) in [7, 11) is 0. The molecule has 1 unspecified atom stereocenters. The molecule has 4 heterocycles. The number of thioether (sulfide) groups is 1. The van der Waals surface area contributed by atoms with Crippen LogP contribution in [0.1, 0.15) is 33.9 Å². The number of carbonyl (C=O) groups is 1. The second-order valence-corrected chi connectivity index (χ2v) is 6.92. The highest BCUT2D eigenvalue weighted by Crippen LogP contribution is 2.31. The van der Waals surface area contributed by atoms with E-state index in [1.165, 1.54) is 0 Å². The molecule has 4 rings (SSSR count). The van der Waals surface area contributed by atoms with E-state index in [0.29, 0.717) is 12.3 Å². The van der Waals surface area contributed by atoms with Gasteiger partial charge in [-0.25, -0.2) is 9.50 Å². The Morgan fingerprint density at radius 1 is 1.33 bits per heavy atom. The number of aromatic nitrogens is 4. The number of amides is 1. The maximum absolute atomic E-state index is 13.0. The molecule has 0 radical (unpaired) electrons. The largest absolute Gasteiger partial charge is 0.464 e.